The van der Waals surface area contributed by atoms with E-state index in [0.29, 0.717) is 18.4 Å². The van der Waals surface area contributed by atoms with E-state index in [9.17, 15) is 17.9 Å². The number of nitrogens with one attached hydrogen (secondary N) is 1. The molecular formula is C16H20FN3O3S. The van der Waals surface area contributed by atoms with E-state index in [0.717, 1.165) is 11.6 Å². The molecule has 1 aliphatic carbocycles. The fourth-order valence-electron chi connectivity index (χ4n) is 3.03. The molecular weight excluding hydrogens is 333 g/mol. The summed E-state index contributed by atoms with van der Waals surface area (Å²) in [6.07, 6.45) is 3.98. The van der Waals surface area contributed by atoms with Gasteiger partial charge in [0.05, 0.1) is 23.2 Å². The van der Waals surface area contributed by atoms with Crippen molar-refractivity contribution in [1.82, 2.24) is 14.5 Å². The minimum absolute atomic E-state index is 0.0205. The molecule has 6 nitrogen and oxygen atoms in total. The van der Waals surface area contributed by atoms with Crippen LogP contribution >= 0.6 is 0 Å². The molecule has 2 N–H and O–H groups in total. The summed E-state index contributed by atoms with van der Waals surface area (Å²) in [4.78, 5) is -0.0729. The van der Waals surface area contributed by atoms with E-state index in [2.05, 4.69) is 9.82 Å². The number of hydrogen-bond acceptors (Lipinski definition) is 4. The third-order valence-electron chi connectivity index (χ3n) is 4.43. The first kappa shape index (κ1) is 17.1. The van der Waals surface area contributed by atoms with Crippen LogP contribution in [0, 0.1) is 18.7 Å². The van der Waals surface area contributed by atoms with Crippen LogP contribution in [0.5, 0.6) is 0 Å². The minimum atomic E-state index is -3.90. The second kappa shape index (κ2) is 6.27. The van der Waals surface area contributed by atoms with Crippen molar-refractivity contribution < 1.29 is 17.9 Å². The fourth-order valence-corrected chi connectivity index (χ4v) is 4.58. The molecule has 1 atom stereocenters. The molecule has 8 heteroatoms. The molecule has 3 rings (SSSR count). The summed E-state index contributed by atoms with van der Waals surface area (Å²) in [6.45, 7) is 1.63. The van der Waals surface area contributed by atoms with Crippen LogP contribution in [0.2, 0.25) is 0 Å². The molecule has 2 aromatic rings. The van der Waals surface area contributed by atoms with Crippen LogP contribution in [0.4, 0.5) is 4.39 Å². The van der Waals surface area contributed by atoms with Gasteiger partial charge in [0.15, 0.2) is 0 Å². The number of aryl methyl sites for hydroxylation is 2. The summed E-state index contributed by atoms with van der Waals surface area (Å²) in [5, 5.41) is 13.7. The zero-order chi connectivity index (χ0) is 17.5. The van der Waals surface area contributed by atoms with E-state index >= 15 is 0 Å². The molecule has 24 heavy (non-hydrogen) atoms. The Balaban J connectivity index is 1.93. The number of halogens is 1. The fraction of sp³-hybridized carbons (Fsp3) is 0.438. The predicted molar refractivity (Wildman–Crippen MR) is 86.1 cm³/mol. The van der Waals surface area contributed by atoms with Gasteiger partial charge >= 0.3 is 0 Å². The second-order valence-corrected chi connectivity index (χ2v) is 8.02. The molecule has 0 saturated heterocycles. The van der Waals surface area contributed by atoms with Crippen LogP contribution in [-0.2, 0) is 17.1 Å². The van der Waals surface area contributed by atoms with Gasteiger partial charge < -0.3 is 5.11 Å². The molecule has 0 spiro atoms. The lowest BCUT2D eigenvalue weighted by Crippen LogP contribution is -2.41. The Labute approximate surface area is 140 Å². The van der Waals surface area contributed by atoms with Crippen molar-refractivity contribution >= 4 is 10.0 Å². The van der Waals surface area contributed by atoms with E-state index in [1.165, 1.54) is 12.1 Å². The monoisotopic (exact) mass is 353 g/mol. The average molecular weight is 353 g/mol. The first-order chi connectivity index (χ1) is 11.3. The number of aliphatic hydroxyl groups excluding tert-OH is 1. The van der Waals surface area contributed by atoms with Crippen molar-refractivity contribution in [3.05, 3.63) is 47.5 Å². The highest BCUT2D eigenvalue weighted by atomic mass is 32.2. The largest absolute Gasteiger partial charge is 0.393 e. The average Bonchev–Trinajstić information content (AvgIpc) is 2.91. The Bertz CT molecular complexity index is 844. The van der Waals surface area contributed by atoms with Gasteiger partial charge in [0.1, 0.15) is 5.82 Å². The van der Waals surface area contributed by atoms with Gasteiger partial charge in [0.25, 0.3) is 0 Å². The van der Waals surface area contributed by atoms with E-state index in [4.69, 9.17) is 0 Å². The number of sulfonamides is 1. The van der Waals surface area contributed by atoms with Crippen LogP contribution in [0.3, 0.4) is 0 Å². The number of rotatable bonds is 5. The Hall–Kier alpha value is -1.77. The Morgan fingerprint density at radius 2 is 2.12 bits per heavy atom. The van der Waals surface area contributed by atoms with E-state index < -0.39 is 28.0 Å². The zero-order valence-electron chi connectivity index (χ0n) is 13.5. The van der Waals surface area contributed by atoms with Gasteiger partial charge in [0.2, 0.25) is 10.0 Å². The van der Waals surface area contributed by atoms with Crippen LogP contribution in [-0.4, -0.2) is 29.4 Å². The molecule has 1 aromatic carbocycles. The lowest BCUT2D eigenvalue weighted by atomic mass is 9.76. The van der Waals surface area contributed by atoms with Gasteiger partial charge in [-0.2, -0.15) is 5.10 Å². The summed E-state index contributed by atoms with van der Waals surface area (Å²) < 4.78 is 43.3. The van der Waals surface area contributed by atoms with Gasteiger partial charge in [-0.25, -0.2) is 17.5 Å². The highest BCUT2D eigenvalue weighted by Gasteiger charge is 2.38. The molecule has 0 radical (unpaired) electrons. The summed E-state index contributed by atoms with van der Waals surface area (Å²) in [6, 6.07) is 3.19. The molecule has 0 aliphatic heterocycles. The zero-order valence-corrected chi connectivity index (χ0v) is 14.3. The Kier molecular flexibility index (Phi) is 4.46. The van der Waals surface area contributed by atoms with E-state index in [-0.39, 0.29) is 10.8 Å². The first-order valence-electron chi connectivity index (χ1n) is 7.71. The Morgan fingerprint density at radius 3 is 2.71 bits per heavy atom. The quantitative estimate of drug-likeness (QED) is 0.856. The lowest BCUT2D eigenvalue weighted by molar-refractivity contribution is 0.0280. The summed E-state index contributed by atoms with van der Waals surface area (Å²) >= 11 is 0. The summed E-state index contributed by atoms with van der Waals surface area (Å²) in [5.74, 6) is -0.620. The maximum absolute atomic E-state index is 13.5. The van der Waals surface area contributed by atoms with Gasteiger partial charge in [-0.15, -0.1) is 0 Å². The maximum atomic E-state index is 13.5. The van der Waals surface area contributed by atoms with E-state index in [1.54, 1.807) is 31.0 Å². The van der Waals surface area contributed by atoms with Crippen molar-refractivity contribution in [2.45, 2.75) is 36.8 Å². The topological polar surface area (TPSA) is 84.2 Å². The van der Waals surface area contributed by atoms with Crippen molar-refractivity contribution in [3.63, 3.8) is 0 Å². The van der Waals surface area contributed by atoms with Crippen molar-refractivity contribution in [1.29, 1.82) is 0 Å². The molecule has 1 fully saturated rings. The number of aliphatic hydroxyl groups is 1. The highest BCUT2D eigenvalue weighted by molar-refractivity contribution is 7.89. The number of nitrogens with zero attached hydrogens (tertiary/aromatic N) is 2. The van der Waals surface area contributed by atoms with Gasteiger partial charge in [-0.1, -0.05) is 6.07 Å². The molecule has 0 bridgehead atoms. The van der Waals surface area contributed by atoms with Crippen molar-refractivity contribution in [3.8, 4) is 0 Å². The summed E-state index contributed by atoms with van der Waals surface area (Å²) in [5.41, 5.74) is 1.20. The molecule has 1 aromatic heterocycles. The van der Waals surface area contributed by atoms with Gasteiger partial charge in [-0.05, 0) is 43.4 Å². The predicted octanol–water partition coefficient (Wildman–Crippen LogP) is 1.66. The molecule has 0 unspecified atom stereocenters. The molecule has 130 valence electrons. The molecule has 1 saturated carbocycles. The van der Waals surface area contributed by atoms with Gasteiger partial charge in [-0.3, -0.25) is 4.68 Å². The third kappa shape index (κ3) is 3.35. The molecule has 1 aliphatic rings. The third-order valence-corrected chi connectivity index (χ3v) is 6.01. The van der Waals surface area contributed by atoms with E-state index in [1.807, 2.05) is 0 Å². The van der Waals surface area contributed by atoms with Crippen molar-refractivity contribution in [2.75, 3.05) is 0 Å². The van der Waals surface area contributed by atoms with Crippen LogP contribution in [0.25, 0.3) is 0 Å². The Morgan fingerprint density at radius 1 is 1.42 bits per heavy atom. The number of hydrogen-bond donors (Lipinski definition) is 2. The van der Waals surface area contributed by atoms with Crippen LogP contribution < -0.4 is 4.72 Å². The van der Waals surface area contributed by atoms with Crippen LogP contribution in [0.15, 0.2) is 35.5 Å². The molecule has 1 heterocycles. The SMILES string of the molecule is Cc1ccc(F)cc1S(=O)(=O)N[C@@H](c1cnn(C)c1)C1CC(O)C1. The normalized spacial score (nSPS) is 22.2. The highest BCUT2D eigenvalue weighted by Crippen LogP contribution is 2.39. The first-order valence-corrected chi connectivity index (χ1v) is 9.19. The molecule has 0 amide bonds. The lowest BCUT2D eigenvalue weighted by Gasteiger charge is -2.37. The van der Waals surface area contributed by atoms with Crippen molar-refractivity contribution in [2.24, 2.45) is 13.0 Å². The maximum Gasteiger partial charge on any atom is 0.241 e. The van der Waals surface area contributed by atoms with Crippen LogP contribution in [0.1, 0.15) is 30.0 Å². The number of benzene rings is 1. The summed E-state index contributed by atoms with van der Waals surface area (Å²) in [7, 11) is -2.15. The minimum Gasteiger partial charge on any atom is -0.393 e. The standard InChI is InChI=1S/C16H20FN3O3S/c1-10-3-4-13(17)7-15(10)24(22,23)19-16(11-5-14(21)6-11)12-8-18-20(2)9-12/h3-4,7-9,11,14,16,19,21H,5-6H2,1-2H3/t11?,14?,16-/m1/s1. The second-order valence-electron chi connectivity index (χ2n) is 6.34. The number of aromatic nitrogens is 2. The van der Waals surface area contributed by atoms with Gasteiger partial charge in [0, 0.05) is 18.8 Å². The smallest absolute Gasteiger partial charge is 0.241 e.